The summed E-state index contributed by atoms with van der Waals surface area (Å²) < 4.78 is 5.26. The third-order valence-corrected chi connectivity index (χ3v) is 5.22. The number of fused-ring (bicyclic) bond motifs is 1. The zero-order chi connectivity index (χ0) is 19.0. The average molecular weight is 363 g/mol. The summed E-state index contributed by atoms with van der Waals surface area (Å²) in [5.74, 6) is 0.589. The lowest BCUT2D eigenvalue weighted by Gasteiger charge is -2.25. The maximum atomic E-state index is 12.7. The van der Waals surface area contributed by atoms with E-state index < -0.39 is 16.9 Å². The topological polar surface area (TPSA) is 100 Å². The first-order valence-corrected chi connectivity index (χ1v) is 8.87. The molecule has 0 saturated heterocycles. The van der Waals surface area contributed by atoms with Crippen molar-refractivity contribution >= 4 is 16.8 Å². The first-order valence-electron chi connectivity index (χ1n) is 8.87. The van der Waals surface area contributed by atoms with Gasteiger partial charge in [-0.05, 0) is 29.9 Å². The molecule has 1 aromatic carbocycles. The Morgan fingerprint density at radius 1 is 1.11 bits per heavy atom. The summed E-state index contributed by atoms with van der Waals surface area (Å²) in [6, 6.07) is 6.61. The number of hydrogen-bond acceptors (Lipinski definition) is 4. The Labute approximate surface area is 153 Å². The Kier molecular flexibility index (Phi) is 4.24. The highest BCUT2D eigenvalue weighted by Crippen LogP contribution is 2.33. The molecule has 136 valence electrons. The van der Waals surface area contributed by atoms with Crippen LogP contribution < -0.4 is 16.9 Å². The molecule has 1 aliphatic carbocycles. The first-order chi connectivity index (χ1) is 13.1. The molecule has 0 atom stereocenters. The molecule has 0 amide bonds. The third-order valence-electron chi connectivity index (χ3n) is 5.22. The fourth-order valence-corrected chi connectivity index (χ4v) is 3.58. The summed E-state index contributed by atoms with van der Waals surface area (Å²) in [6.07, 6.45) is 4.93. The number of nitrogens with one attached hydrogen (secondary N) is 2. The molecule has 3 aromatic rings. The van der Waals surface area contributed by atoms with Crippen molar-refractivity contribution in [1.29, 1.82) is 0 Å². The van der Waals surface area contributed by atoms with Gasteiger partial charge in [0.2, 0.25) is 5.71 Å². The van der Waals surface area contributed by atoms with E-state index in [-0.39, 0.29) is 11.1 Å². The molecule has 0 bridgehead atoms. The third kappa shape index (κ3) is 3.10. The number of aromatic nitrogens is 2. The van der Waals surface area contributed by atoms with E-state index in [0.29, 0.717) is 34.7 Å². The summed E-state index contributed by atoms with van der Waals surface area (Å²) in [7, 11) is 0. The van der Waals surface area contributed by atoms with Crippen LogP contribution in [0.15, 0.2) is 43.1 Å². The van der Waals surface area contributed by atoms with Gasteiger partial charge < -0.3 is 4.42 Å². The molecule has 1 fully saturated rings. The zero-order valence-corrected chi connectivity index (χ0v) is 14.5. The summed E-state index contributed by atoms with van der Waals surface area (Å²) in [4.78, 5) is 44.7. The quantitative estimate of drug-likeness (QED) is 0.696. The van der Waals surface area contributed by atoms with Crippen LogP contribution in [-0.2, 0) is 6.42 Å². The lowest BCUT2D eigenvalue weighted by molar-refractivity contribution is 0.296. The lowest BCUT2D eigenvalue weighted by Crippen LogP contribution is -2.25. The minimum absolute atomic E-state index is 0.0983. The van der Waals surface area contributed by atoms with Gasteiger partial charge in [0.05, 0.1) is 12.1 Å². The van der Waals surface area contributed by atoms with Crippen molar-refractivity contribution in [2.45, 2.75) is 32.1 Å². The molecule has 0 spiro atoms. The van der Waals surface area contributed by atoms with Crippen LogP contribution in [0, 0.1) is 12.5 Å². The Bertz CT molecular complexity index is 1220. The highest BCUT2D eigenvalue weighted by Gasteiger charge is 2.23. The average Bonchev–Trinajstić information content (AvgIpc) is 2.59. The molecule has 27 heavy (non-hydrogen) atoms. The number of hydrogen-bond donors (Lipinski definition) is 2. The largest absolute Gasteiger partial charge is 0.405 e. The molecule has 7 nitrogen and oxygen atoms in total. The SMILES string of the molecule is [C-]#[N+]c1ccc(-c2c(CCC3CCC3)c3c(=O)[nH]c(=O)[nH]c3oc2=O)cc1. The zero-order valence-electron chi connectivity index (χ0n) is 14.5. The maximum Gasteiger partial charge on any atom is 0.345 e. The van der Waals surface area contributed by atoms with Crippen LogP contribution in [0.25, 0.3) is 27.1 Å². The monoisotopic (exact) mass is 363 g/mol. The molecule has 7 heteroatoms. The van der Waals surface area contributed by atoms with Gasteiger partial charge in [-0.25, -0.2) is 14.4 Å². The van der Waals surface area contributed by atoms with E-state index in [9.17, 15) is 14.4 Å². The Morgan fingerprint density at radius 2 is 1.85 bits per heavy atom. The molecule has 0 unspecified atom stereocenters. The second kappa shape index (κ2) is 6.72. The van der Waals surface area contributed by atoms with Crippen LogP contribution in [0.4, 0.5) is 5.69 Å². The number of nitrogens with zero attached hydrogens (tertiary/aromatic N) is 1. The highest BCUT2D eigenvalue weighted by molar-refractivity contribution is 5.84. The van der Waals surface area contributed by atoms with E-state index >= 15 is 0 Å². The van der Waals surface area contributed by atoms with E-state index in [1.807, 2.05) is 0 Å². The first kappa shape index (κ1) is 17.0. The van der Waals surface area contributed by atoms with Gasteiger partial charge in [-0.15, -0.1) is 0 Å². The Morgan fingerprint density at radius 3 is 2.48 bits per heavy atom. The highest BCUT2D eigenvalue weighted by atomic mass is 16.4. The van der Waals surface area contributed by atoms with Crippen LogP contribution >= 0.6 is 0 Å². The Balaban J connectivity index is 1.96. The van der Waals surface area contributed by atoms with E-state index in [4.69, 9.17) is 11.0 Å². The fraction of sp³-hybridized carbons (Fsp3) is 0.300. The van der Waals surface area contributed by atoms with Gasteiger partial charge in [-0.3, -0.25) is 14.8 Å². The van der Waals surface area contributed by atoms with E-state index in [0.717, 1.165) is 19.3 Å². The summed E-state index contributed by atoms with van der Waals surface area (Å²) >= 11 is 0. The predicted octanol–water partition coefficient (Wildman–Crippen LogP) is 3.12. The molecule has 1 saturated carbocycles. The summed E-state index contributed by atoms with van der Waals surface area (Å²) in [5.41, 5.74) is -0.0387. The van der Waals surface area contributed by atoms with Gasteiger partial charge in [0.25, 0.3) is 5.56 Å². The standard InChI is InChI=1S/C20H17N3O4/c1-21-13-8-6-12(7-9-13)15-14(10-5-11-3-2-4-11)16-17(24)22-20(26)23-18(16)27-19(15)25/h6-9,11H,2-5,10H2,(H2,22,23,24,26). The number of aromatic amines is 2. The minimum Gasteiger partial charge on any atom is -0.405 e. The molecule has 1 aliphatic rings. The predicted molar refractivity (Wildman–Crippen MR) is 101 cm³/mol. The van der Waals surface area contributed by atoms with E-state index in [1.54, 1.807) is 24.3 Å². The number of H-pyrrole nitrogens is 2. The van der Waals surface area contributed by atoms with Crippen LogP contribution in [-0.4, -0.2) is 9.97 Å². The molecule has 2 heterocycles. The molecule has 0 aliphatic heterocycles. The van der Waals surface area contributed by atoms with Crippen LogP contribution in [0.2, 0.25) is 0 Å². The number of aryl methyl sites for hydroxylation is 1. The summed E-state index contributed by atoms with van der Waals surface area (Å²) in [5, 5.41) is 0.206. The second-order valence-corrected chi connectivity index (χ2v) is 6.85. The van der Waals surface area contributed by atoms with Crippen LogP contribution in [0.5, 0.6) is 0 Å². The van der Waals surface area contributed by atoms with E-state index in [2.05, 4.69) is 14.8 Å². The number of rotatable bonds is 4. The van der Waals surface area contributed by atoms with Gasteiger partial charge in [0, 0.05) is 0 Å². The molecular weight excluding hydrogens is 346 g/mol. The van der Waals surface area contributed by atoms with Gasteiger partial charge in [-0.1, -0.05) is 43.5 Å². The van der Waals surface area contributed by atoms with Crippen LogP contribution in [0.3, 0.4) is 0 Å². The summed E-state index contributed by atoms with van der Waals surface area (Å²) in [6.45, 7) is 7.07. The molecular formula is C20H17N3O4. The van der Waals surface area contributed by atoms with Crippen LogP contribution in [0.1, 0.15) is 31.2 Å². The van der Waals surface area contributed by atoms with Gasteiger partial charge in [0.1, 0.15) is 5.39 Å². The molecule has 4 rings (SSSR count). The van der Waals surface area contributed by atoms with Crippen molar-refractivity contribution in [3.05, 3.63) is 72.5 Å². The molecule has 0 radical (unpaired) electrons. The fourth-order valence-electron chi connectivity index (χ4n) is 3.58. The maximum absolute atomic E-state index is 12.7. The van der Waals surface area contributed by atoms with Crippen molar-refractivity contribution < 1.29 is 4.42 Å². The molecule has 2 N–H and O–H groups in total. The van der Waals surface area contributed by atoms with Gasteiger partial charge in [0.15, 0.2) is 5.69 Å². The normalized spacial score (nSPS) is 14.0. The van der Waals surface area contributed by atoms with Gasteiger partial charge in [-0.2, -0.15) is 0 Å². The van der Waals surface area contributed by atoms with Crippen molar-refractivity contribution in [3.63, 3.8) is 0 Å². The van der Waals surface area contributed by atoms with E-state index in [1.165, 1.54) is 6.42 Å². The molecule has 2 aromatic heterocycles. The van der Waals surface area contributed by atoms with Crippen molar-refractivity contribution in [2.24, 2.45) is 5.92 Å². The second-order valence-electron chi connectivity index (χ2n) is 6.85. The Hall–Kier alpha value is -3.40. The van der Waals surface area contributed by atoms with Crippen molar-refractivity contribution in [3.8, 4) is 11.1 Å². The lowest BCUT2D eigenvalue weighted by atomic mass is 9.80. The minimum atomic E-state index is -0.713. The number of benzene rings is 1. The van der Waals surface area contributed by atoms with Crippen molar-refractivity contribution in [2.75, 3.05) is 0 Å². The van der Waals surface area contributed by atoms with Gasteiger partial charge >= 0.3 is 11.3 Å². The smallest absolute Gasteiger partial charge is 0.345 e. The van der Waals surface area contributed by atoms with Crippen molar-refractivity contribution in [1.82, 2.24) is 9.97 Å².